The number of fused-ring (bicyclic) bond motifs is 1. The quantitative estimate of drug-likeness (QED) is 0.705. The lowest BCUT2D eigenvalue weighted by Gasteiger charge is -2.12. The van der Waals surface area contributed by atoms with Crippen molar-refractivity contribution >= 4 is 33.4 Å². The van der Waals surface area contributed by atoms with E-state index in [1.807, 2.05) is 24.3 Å². The highest BCUT2D eigenvalue weighted by Crippen LogP contribution is 2.34. The van der Waals surface area contributed by atoms with Crippen LogP contribution in [0.15, 0.2) is 40.8 Å². The standard InChI is InChI=1S/C18H16N2O4S/c21-16(19-12(18(22)23)9-10-5-6-10)13-7-8-14(24-13)17-20-11-3-1-2-4-15(11)25-17/h1-4,7-8,10,12H,5-6,9H2,(H,19,21)(H,22,23). The van der Waals surface area contributed by atoms with Gasteiger partial charge in [-0.3, -0.25) is 4.79 Å². The van der Waals surface area contributed by atoms with Crippen LogP contribution in [0.2, 0.25) is 0 Å². The van der Waals surface area contributed by atoms with Crippen LogP contribution < -0.4 is 5.32 Å². The van der Waals surface area contributed by atoms with Crippen LogP contribution in [0.3, 0.4) is 0 Å². The van der Waals surface area contributed by atoms with Gasteiger partial charge in [-0.2, -0.15) is 0 Å². The Bertz CT molecular complexity index is 908. The minimum absolute atomic E-state index is 0.0938. The molecule has 2 N–H and O–H groups in total. The third-order valence-corrected chi connectivity index (χ3v) is 5.25. The maximum atomic E-state index is 12.3. The Labute approximate surface area is 147 Å². The molecule has 1 unspecified atom stereocenters. The fourth-order valence-electron chi connectivity index (χ4n) is 2.69. The van der Waals surface area contributed by atoms with Gasteiger partial charge in [0.05, 0.1) is 10.2 Å². The number of nitrogens with zero attached hydrogens (tertiary/aromatic N) is 1. The van der Waals surface area contributed by atoms with Crippen molar-refractivity contribution in [2.75, 3.05) is 0 Å². The molecule has 4 rings (SSSR count). The molecule has 0 aliphatic heterocycles. The number of aromatic nitrogens is 1. The molecular formula is C18H16N2O4S. The molecule has 25 heavy (non-hydrogen) atoms. The van der Waals surface area contributed by atoms with Gasteiger partial charge in [-0.1, -0.05) is 25.0 Å². The van der Waals surface area contributed by atoms with E-state index in [-0.39, 0.29) is 5.76 Å². The first-order valence-corrected chi connectivity index (χ1v) is 8.91. The van der Waals surface area contributed by atoms with Gasteiger partial charge in [-0.25, -0.2) is 9.78 Å². The van der Waals surface area contributed by atoms with Gasteiger partial charge in [-0.05, 0) is 36.6 Å². The second-order valence-electron chi connectivity index (χ2n) is 6.19. The van der Waals surface area contributed by atoms with Crippen molar-refractivity contribution in [3.8, 4) is 10.8 Å². The molecule has 6 nitrogen and oxygen atoms in total. The zero-order chi connectivity index (χ0) is 17.4. The fourth-order valence-corrected chi connectivity index (χ4v) is 3.62. The monoisotopic (exact) mass is 356 g/mol. The van der Waals surface area contributed by atoms with Crippen LogP contribution in [0.5, 0.6) is 0 Å². The topological polar surface area (TPSA) is 92.4 Å². The second-order valence-corrected chi connectivity index (χ2v) is 7.22. The van der Waals surface area contributed by atoms with E-state index in [2.05, 4.69) is 10.3 Å². The largest absolute Gasteiger partial charge is 0.480 e. The smallest absolute Gasteiger partial charge is 0.326 e. The molecule has 1 aromatic carbocycles. The lowest BCUT2D eigenvalue weighted by Crippen LogP contribution is -2.41. The number of carboxylic acids is 1. The van der Waals surface area contributed by atoms with Crippen molar-refractivity contribution in [1.29, 1.82) is 0 Å². The van der Waals surface area contributed by atoms with E-state index in [1.54, 1.807) is 12.1 Å². The number of hydrogen-bond acceptors (Lipinski definition) is 5. The molecule has 1 aliphatic carbocycles. The second kappa shape index (κ2) is 6.33. The highest BCUT2D eigenvalue weighted by atomic mass is 32.1. The van der Waals surface area contributed by atoms with Crippen molar-refractivity contribution in [2.45, 2.75) is 25.3 Å². The van der Waals surface area contributed by atoms with Crippen LogP contribution in [0.25, 0.3) is 21.0 Å². The van der Waals surface area contributed by atoms with Crippen molar-refractivity contribution in [3.63, 3.8) is 0 Å². The number of nitrogens with one attached hydrogen (secondary N) is 1. The number of benzene rings is 1. The van der Waals surface area contributed by atoms with E-state index in [0.29, 0.717) is 23.1 Å². The molecule has 2 heterocycles. The number of rotatable bonds is 6. The summed E-state index contributed by atoms with van der Waals surface area (Å²) in [4.78, 5) is 28.1. The van der Waals surface area contributed by atoms with Gasteiger partial charge in [0.2, 0.25) is 0 Å². The number of aliphatic carboxylic acids is 1. The molecule has 0 bridgehead atoms. The lowest BCUT2D eigenvalue weighted by atomic mass is 10.1. The van der Waals surface area contributed by atoms with Crippen LogP contribution in [0, 0.1) is 5.92 Å². The molecule has 1 atom stereocenters. The number of carbonyl (C=O) groups excluding carboxylic acids is 1. The number of thiazole rings is 1. The van der Waals surface area contributed by atoms with Crippen molar-refractivity contribution in [1.82, 2.24) is 10.3 Å². The summed E-state index contributed by atoms with van der Waals surface area (Å²) < 4.78 is 6.64. The van der Waals surface area contributed by atoms with E-state index in [0.717, 1.165) is 23.1 Å². The predicted octanol–water partition coefficient (Wildman–Crippen LogP) is 3.54. The van der Waals surface area contributed by atoms with Crippen molar-refractivity contribution in [2.24, 2.45) is 5.92 Å². The Morgan fingerprint density at radius 1 is 1.28 bits per heavy atom. The average molecular weight is 356 g/mol. The third-order valence-electron chi connectivity index (χ3n) is 4.20. The van der Waals surface area contributed by atoms with Crippen LogP contribution >= 0.6 is 11.3 Å². The number of para-hydroxylation sites is 1. The summed E-state index contributed by atoms with van der Waals surface area (Å²) in [5.41, 5.74) is 0.875. The van der Waals surface area contributed by atoms with Crippen molar-refractivity contribution in [3.05, 3.63) is 42.2 Å². The number of furan rings is 1. The van der Waals surface area contributed by atoms with Gasteiger partial charge in [-0.15, -0.1) is 11.3 Å². The van der Waals surface area contributed by atoms with E-state index in [1.165, 1.54) is 11.3 Å². The molecule has 128 valence electrons. The number of amides is 1. The van der Waals surface area contributed by atoms with E-state index in [4.69, 9.17) is 4.42 Å². The minimum atomic E-state index is -1.02. The van der Waals surface area contributed by atoms with Gasteiger partial charge >= 0.3 is 5.97 Å². The molecule has 0 spiro atoms. The zero-order valence-electron chi connectivity index (χ0n) is 13.3. The summed E-state index contributed by atoms with van der Waals surface area (Å²) in [6.45, 7) is 0. The summed E-state index contributed by atoms with van der Waals surface area (Å²) in [5, 5.41) is 12.5. The van der Waals surface area contributed by atoms with Crippen LogP contribution in [0.4, 0.5) is 0 Å². The average Bonchev–Trinajstić information content (AvgIpc) is 3.12. The molecular weight excluding hydrogens is 340 g/mol. The Hall–Kier alpha value is -2.67. The Morgan fingerprint density at radius 3 is 2.80 bits per heavy atom. The van der Waals surface area contributed by atoms with Gasteiger partial charge in [0.25, 0.3) is 5.91 Å². The normalized spacial score (nSPS) is 15.2. The van der Waals surface area contributed by atoms with Gasteiger partial charge in [0, 0.05) is 0 Å². The maximum Gasteiger partial charge on any atom is 0.326 e. The first-order chi connectivity index (χ1) is 12.1. The molecule has 2 aromatic heterocycles. The first-order valence-electron chi connectivity index (χ1n) is 8.09. The fraction of sp³-hybridized carbons (Fsp3) is 0.278. The Balaban J connectivity index is 1.51. The summed E-state index contributed by atoms with van der Waals surface area (Å²) in [6, 6.07) is 10.1. The van der Waals surface area contributed by atoms with E-state index in [9.17, 15) is 14.7 Å². The van der Waals surface area contributed by atoms with Crippen LogP contribution in [-0.2, 0) is 4.79 Å². The zero-order valence-corrected chi connectivity index (χ0v) is 14.1. The predicted molar refractivity (Wildman–Crippen MR) is 93.6 cm³/mol. The molecule has 7 heteroatoms. The van der Waals surface area contributed by atoms with Crippen LogP contribution in [0.1, 0.15) is 29.8 Å². The molecule has 1 fully saturated rings. The van der Waals surface area contributed by atoms with E-state index < -0.39 is 17.9 Å². The summed E-state index contributed by atoms with van der Waals surface area (Å²) in [6.07, 6.45) is 2.52. The lowest BCUT2D eigenvalue weighted by molar-refractivity contribution is -0.139. The van der Waals surface area contributed by atoms with Gasteiger partial charge in [0.15, 0.2) is 16.5 Å². The van der Waals surface area contributed by atoms with Crippen LogP contribution in [-0.4, -0.2) is 28.0 Å². The number of hydrogen-bond donors (Lipinski definition) is 2. The number of carboxylic acid groups (broad SMARTS) is 1. The first kappa shape index (κ1) is 15.8. The highest BCUT2D eigenvalue weighted by Gasteiger charge is 2.31. The summed E-state index contributed by atoms with van der Waals surface area (Å²) in [5.74, 6) is -0.536. The highest BCUT2D eigenvalue weighted by molar-refractivity contribution is 7.21. The number of carbonyl (C=O) groups is 2. The molecule has 1 saturated carbocycles. The van der Waals surface area contributed by atoms with E-state index >= 15 is 0 Å². The molecule has 0 saturated heterocycles. The van der Waals surface area contributed by atoms with Gasteiger partial charge < -0.3 is 14.8 Å². The molecule has 0 radical (unpaired) electrons. The van der Waals surface area contributed by atoms with Gasteiger partial charge in [0.1, 0.15) is 6.04 Å². The Kier molecular flexibility index (Phi) is 4.01. The molecule has 1 amide bonds. The minimum Gasteiger partial charge on any atom is -0.480 e. The summed E-state index contributed by atoms with van der Waals surface area (Å²) in [7, 11) is 0. The summed E-state index contributed by atoms with van der Waals surface area (Å²) >= 11 is 1.48. The SMILES string of the molecule is O=C(NC(CC1CC1)C(=O)O)c1ccc(-c2nc3ccccc3s2)o1. The Morgan fingerprint density at radius 2 is 2.08 bits per heavy atom. The molecule has 1 aliphatic rings. The molecule has 3 aromatic rings. The third kappa shape index (κ3) is 3.41. The van der Waals surface area contributed by atoms with Crippen molar-refractivity contribution < 1.29 is 19.1 Å². The maximum absolute atomic E-state index is 12.3.